The van der Waals surface area contributed by atoms with Crippen LogP contribution in [0.5, 0.6) is 0 Å². The first-order chi connectivity index (χ1) is 9.34. The predicted molar refractivity (Wildman–Crippen MR) is 79.7 cm³/mol. The third-order valence-electron chi connectivity index (χ3n) is 4.10. The molecule has 0 amide bonds. The fraction of sp³-hybridized carbons (Fsp3) is 0.353. The Bertz CT molecular complexity index is 565. The monoisotopic (exact) mass is 271 g/mol. The van der Waals surface area contributed by atoms with E-state index in [2.05, 4.69) is 23.2 Å². The van der Waals surface area contributed by atoms with Gasteiger partial charge in [-0.25, -0.2) is 0 Å². The number of aryl methyl sites for hydroxylation is 2. The Kier molecular flexibility index (Phi) is 3.84. The first kappa shape index (κ1) is 12.7. The molecular formula is C17H18ClN. The van der Waals surface area contributed by atoms with Crippen LogP contribution in [-0.2, 0) is 12.8 Å². The number of pyridine rings is 1. The molecular weight excluding hydrogens is 254 g/mol. The Morgan fingerprint density at radius 1 is 1.21 bits per heavy atom. The van der Waals surface area contributed by atoms with Crippen molar-refractivity contribution in [1.29, 1.82) is 0 Å². The molecule has 1 nitrogen and oxygen atoms in total. The number of halogens is 1. The standard InChI is InChI=1S/C17H18ClN/c18-17-7-2-1-4-14(17)9-8-13-5-3-6-15-12-19-11-10-16(13)15/h1-2,4,7,10-13H,3,5-6,8-9H2. The van der Waals surface area contributed by atoms with Gasteiger partial charge < -0.3 is 0 Å². The molecule has 1 aromatic heterocycles. The number of benzene rings is 1. The number of hydrogen-bond donors (Lipinski definition) is 0. The van der Waals surface area contributed by atoms with Crippen LogP contribution in [0.4, 0.5) is 0 Å². The second-order valence-electron chi connectivity index (χ2n) is 5.29. The van der Waals surface area contributed by atoms with Crippen molar-refractivity contribution >= 4 is 11.6 Å². The second-order valence-corrected chi connectivity index (χ2v) is 5.70. The summed E-state index contributed by atoms with van der Waals surface area (Å²) < 4.78 is 0. The lowest BCUT2D eigenvalue weighted by molar-refractivity contribution is 0.519. The quantitative estimate of drug-likeness (QED) is 0.782. The van der Waals surface area contributed by atoms with Gasteiger partial charge in [-0.2, -0.15) is 0 Å². The minimum atomic E-state index is 0.669. The molecule has 1 aliphatic rings. The zero-order valence-electron chi connectivity index (χ0n) is 11.0. The SMILES string of the molecule is Clc1ccccc1CCC1CCCc2cnccc21. The van der Waals surface area contributed by atoms with Crippen molar-refractivity contribution < 1.29 is 0 Å². The normalized spacial score (nSPS) is 18.1. The summed E-state index contributed by atoms with van der Waals surface area (Å²) in [6.07, 6.45) is 9.97. The van der Waals surface area contributed by atoms with Crippen LogP contribution in [0.1, 0.15) is 41.9 Å². The Morgan fingerprint density at radius 2 is 2.11 bits per heavy atom. The van der Waals surface area contributed by atoms with Crippen molar-refractivity contribution in [2.75, 3.05) is 0 Å². The van der Waals surface area contributed by atoms with Crippen molar-refractivity contribution in [1.82, 2.24) is 4.98 Å². The molecule has 0 saturated carbocycles. The van der Waals surface area contributed by atoms with Gasteiger partial charge in [-0.1, -0.05) is 29.8 Å². The fourth-order valence-corrected chi connectivity index (χ4v) is 3.30. The van der Waals surface area contributed by atoms with E-state index in [9.17, 15) is 0 Å². The van der Waals surface area contributed by atoms with Gasteiger partial charge in [0.2, 0.25) is 0 Å². The van der Waals surface area contributed by atoms with E-state index in [1.165, 1.54) is 42.4 Å². The summed E-state index contributed by atoms with van der Waals surface area (Å²) in [4.78, 5) is 4.24. The molecule has 0 N–H and O–H groups in total. The maximum Gasteiger partial charge on any atom is 0.0437 e. The van der Waals surface area contributed by atoms with Gasteiger partial charge in [-0.05, 0) is 66.8 Å². The van der Waals surface area contributed by atoms with Crippen LogP contribution < -0.4 is 0 Å². The number of fused-ring (bicyclic) bond motifs is 1. The van der Waals surface area contributed by atoms with Crippen molar-refractivity contribution in [3.63, 3.8) is 0 Å². The molecule has 0 radical (unpaired) electrons. The maximum atomic E-state index is 6.23. The number of nitrogens with zero attached hydrogens (tertiary/aromatic N) is 1. The highest BCUT2D eigenvalue weighted by molar-refractivity contribution is 6.31. The van der Waals surface area contributed by atoms with Gasteiger partial charge in [0.1, 0.15) is 0 Å². The van der Waals surface area contributed by atoms with E-state index in [-0.39, 0.29) is 0 Å². The molecule has 0 bridgehead atoms. The number of aromatic nitrogens is 1. The van der Waals surface area contributed by atoms with Crippen LogP contribution in [0.15, 0.2) is 42.7 Å². The van der Waals surface area contributed by atoms with Gasteiger partial charge in [-0.3, -0.25) is 4.98 Å². The summed E-state index contributed by atoms with van der Waals surface area (Å²) in [5.41, 5.74) is 4.22. The van der Waals surface area contributed by atoms with Gasteiger partial charge in [-0.15, -0.1) is 0 Å². The molecule has 3 rings (SSSR count). The lowest BCUT2D eigenvalue weighted by Crippen LogP contribution is -2.11. The summed E-state index contributed by atoms with van der Waals surface area (Å²) in [7, 11) is 0. The van der Waals surface area contributed by atoms with Gasteiger partial charge in [0.15, 0.2) is 0 Å². The van der Waals surface area contributed by atoms with Crippen molar-refractivity contribution in [2.24, 2.45) is 0 Å². The average Bonchev–Trinajstić information content (AvgIpc) is 2.46. The number of hydrogen-bond acceptors (Lipinski definition) is 1. The Morgan fingerprint density at radius 3 is 3.00 bits per heavy atom. The molecule has 19 heavy (non-hydrogen) atoms. The van der Waals surface area contributed by atoms with Crippen molar-refractivity contribution in [3.8, 4) is 0 Å². The van der Waals surface area contributed by atoms with E-state index in [4.69, 9.17) is 11.6 Å². The Labute approximate surface area is 119 Å². The third kappa shape index (κ3) is 2.82. The van der Waals surface area contributed by atoms with Gasteiger partial charge in [0, 0.05) is 17.4 Å². The van der Waals surface area contributed by atoms with Crippen LogP contribution >= 0.6 is 11.6 Å². The van der Waals surface area contributed by atoms with Gasteiger partial charge in [0.25, 0.3) is 0 Å². The van der Waals surface area contributed by atoms with Crippen LogP contribution in [0.3, 0.4) is 0 Å². The molecule has 0 fully saturated rings. The van der Waals surface area contributed by atoms with Crippen molar-refractivity contribution in [3.05, 3.63) is 64.4 Å². The molecule has 1 atom stereocenters. The van der Waals surface area contributed by atoms with E-state index in [1.807, 2.05) is 24.5 Å². The van der Waals surface area contributed by atoms with Crippen molar-refractivity contribution in [2.45, 2.75) is 38.0 Å². The minimum absolute atomic E-state index is 0.669. The molecule has 1 aliphatic carbocycles. The van der Waals surface area contributed by atoms with Crippen LogP contribution in [0.25, 0.3) is 0 Å². The van der Waals surface area contributed by atoms with E-state index in [0.29, 0.717) is 5.92 Å². The summed E-state index contributed by atoms with van der Waals surface area (Å²) in [6.45, 7) is 0. The molecule has 2 heteroatoms. The average molecular weight is 272 g/mol. The highest BCUT2D eigenvalue weighted by Crippen LogP contribution is 2.34. The van der Waals surface area contributed by atoms with Crippen LogP contribution in [-0.4, -0.2) is 4.98 Å². The van der Waals surface area contributed by atoms with Gasteiger partial charge in [0.05, 0.1) is 0 Å². The molecule has 0 aliphatic heterocycles. The topological polar surface area (TPSA) is 12.9 Å². The molecule has 0 saturated heterocycles. The maximum absolute atomic E-state index is 6.23. The summed E-state index contributed by atoms with van der Waals surface area (Å²) in [5, 5.41) is 0.897. The van der Waals surface area contributed by atoms with Gasteiger partial charge >= 0.3 is 0 Å². The van der Waals surface area contributed by atoms with Crippen LogP contribution in [0, 0.1) is 0 Å². The first-order valence-corrected chi connectivity index (χ1v) is 7.38. The zero-order valence-corrected chi connectivity index (χ0v) is 11.7. The highest BCUT2D eigenvalue weighted by Gasteiger charge is 2.19. The first-order valence-electron chi connectivity index (χ1n) is 7.01. The zero-order chi connectivity index (χ0) is 13.1. The Balaban J connectivity index is 1.73. The lowest BCUT2D eigenvalue weighted by atomic mass is 9.81. The van der Waals surface area contributed by atoms with Crippen LogP contribution in [0.2, 0.25) is 5.02 Å². The molecule has 0 spiro atoms. The lowest BCUT2D eigenvalue weighted by Gasteiger charge is -2.25. The second kappa shape index (κ2) is 5.75. The van der Waals surface area contributed by atoms with E-state index < -0.39 is 0 Å². The largest absolute Gasteiger partial charge is 0.264 e. The summed E-state index contributed by atoms with van der Waals surface area (Å²) >= 11 is 6.23. The van der Waals surface area contributed by atoms with E-state index in [0.717, 1.165) is 11.4 Å². The van der Waals surface area contributed by atoms with E-state index >= 15 is 0 Å². The highest BCUT2D eigenvalue weighted by atomic mass is 35.5. The molecule has 98 valence electrons. The number of rotatable bonds is 3. The molecule has 2 aromatic rings. The smallest absolute Gasteiger partial charge is 0.0437 e. The molecule has 1 aromatic carbocycles. The summed E-state index contributed by atoms with van der Waals surface area (Å²) in [6, 6.07) is 10.4. The minimum Gasteiger partial charge on any atom is -0.264 e. The predicted octanol–water partition coefficient (Wildman–Crippen LogP) is 4.79. The third-order valence-corrected chi connectivity index (χ3v) is 4.47. The molecule has 1 heterocycles. The van der Waals surface area contributed by atoms with E-state index in [1.54, 1.807) is 0 Å². The Hall–Kier alpha value is -1.34. The fourth-order valence-electron chi connectivity index (χ4n) is 3.07. The summed E-state index contributed by atoms with van der Waals surface area (Å²) in [5.74, 6) is 0.669. The molecule has 1 unspecified atom stereocenters.